The van der Waals surface area contributed by atoms with Crippen LogP contribution in [-0.4, -0.2) is 18.9 Å². The fourth-order valence-electron chi connectivity index (χ4n) is 2.13. The highest BCUT2D eigenvalue weighted by Gasteiger charge is 2.30. The molecule has 1 aromatic rings. The molecule has 0 spiro atoms. The third-order valence-electron chi connectivity index (χ3n) is 3.00. The lowest BCUT2D eigenvalue weighted by Crippen LogP contribution is -2.27. The average Bonchev–Trinajstić information content (AvgIpc) is 2.28. The van der Waals surface area contributed by atoms with E-state index in [1.807, 2.05) is 25.1 Å². The van der Waals surface area contributed by atoms with Crippen LogP contribution in [0.1, 0.15) is 27.9 Å². The lowest BCUT2D eigenvalue weighted by Gasteiger charge is -2.21. The molecule has 0 aromatic heterocycles. The molecule has 0 saturated carbocycles. The first kappa shape index (κ1) is 10.9. The molecule has 0 bridgehead atoms. The van der Waals surface area contributed by atoms with Crippen LogP contribution < -0.4 is 0 Å². The van der Waals surface area contributed by atoms with Gasteiger partial charge < -0.3 is 4.74 Å². The standard InChI is InChI=1S/C13H14O3/c1-8-3-4-9-6-10(13(15)16-2)7-12(14)11(9)5-8/h3-5,10H,6-7H2,1-2H3/t10-/m1/s1. The van der Waals surface area contributed by atoms with Crippen molar-refractivity contribution in [2.24, 2.45) is 5.92 Å². The molecule has 3 heteroatoms. The molecule has 84 valence electrons. The Morgan fingerprint density at radius 2 is 2.12 bits per heavy atom. The van der Waals surface area contributed by atoms with Gasteiger partial charge in [0.25, 0.3) is 0 Å². The smallest absolute Gasteiger partial charge is 0.309 e. The number of hydrogen-bond acceptors (Lipinski definition) is 3. The summed E-state index contributed by atoms with van der Waals surface area (Å²) in [6.07, 6.45) is 0.872. The van der Waals surface area contributed by atoms with Crippen molar-refractivity contribution in [3.8, 4) is 0 Å². The molecule has 1 aliphatic carbocycles. The Morgan fingerprint density at radius 3 is 2.81 bits per heavy atom. The van der Waals surface area contributed by atoms with E-state index in [1.54, 1.807) is 0 Å². The fourth-order valence-corrected chi connectivity index (χ4v) is 2.13. The van der Waals surface area contributed by atoms with Gasteiger partial charge in [0.05, 0.1) is 13.0 Å². The molecule has 3 nitrogen and oxygen atoms in total. The summed E-state index contributed by atoms with van der Waals surface area (Å²) in [6.45, 7) is 1.96. The van der Waals surface area contributed by atoms with Crippen LogP contribution >= 0.6 is 0 Å². The van der Waals surface area contributed by atoms with Crippen molar-refractivity contribution in [3.05, 3.63) is 34.9 Å². The topological polar surface area (TPSA) is 43.4 Å². The minimum Gasteiger partial charge on any atom is -0.469 e. The van der Waals surface area contributed by atoms with Gasteiger partial charge in [0, 0.05) is 12.0 Å². The molecule has 0 aliphatic heterocycles. The Labute approximate surface area is 94.4 Å². The number of aryl methyl sites for hydroxylation is 1. The first-order valence-electron chi connectivity index (χ1n) is 5.32. The predicted octanol–water partition coefficient (Wildman–Crippen LogP) is 1.91. The van der Waals surface area contributed by atoms with Gasteiger partial charge in [0.2, 0.25) is 0 Å². The number of rotatable bonds is 1. The minimum absolute atomic E-state index is 0.0420. The van der Waals surface area contributed by atoms with Crippen LogP contribution in [0.3, 0.4) is 0 Å². The molecular weight excluding hydrogens is 204 g/mol. The van der Waals surface area contributed by atoms with Gasteiger partial charge in [-0.3, -0.25) is 9.59 Å². The van der Waals surface area contributed by atoms with Crippen molar-refractivity contribution < 1.29 is 14.3 Å². The van der Waals surface area contributed by atoms with Gasteiger partial charge in [-0.1, -0.05) is 17.7 Å². The Kier molecular flexibility index (Phi) is 2.77. The SMILES string of the molecule is COC(=O)[C@H]1CC(=O)c2cc(C)ccc2C1. The number of carbonyl (C=O) groups is 2. The molecule has 0 unspecified atom stereocenters. The Hall–Kier alpha value is -1.64. The second kappa shape index (κ2) is 4.08. The summed E-state index contributed by atoms with van der Waals surface area (Å²) in [5.41, 5.74) is 2.79. The van der Waals surface area contributed by atoms with Crippen molar-refractivity contribution >= 4 is 11.8 Å². The van der Waals surface area contributed by atoms with Crippen LogP contribution in [0.15, 0.2) is 18.2 Å². The second-order valence-electron chi connectivity index (χ2n) is 4.21. The quantitative estimate of drug-likeness (QED) is 0.676. The maximum absolute atomic E-state index is 11.9. The number of ether oxygens (including phenoxy) is 1. The summed E-state index contributed by atoms with van der Waals surface area (Å²) >= 11 is 0. The number of fused-ring (bicyclic) bond motifs is 1. The summed E-state index contributed by atoms with van der Waals surface area (Å²) in [7, 11) is 1.36. The van der Waals surface area contributed by atoms with Gasteiger partial charge in [0.15, 0.2) is 5.78 Å². The molecule has 0 radical (unpaired) electrons. The lowest BCUT2D eigenvalue weighted by atomic mass is 9.82. The first-order chi connectivity index (χ1) is 7.61. The normalized spacial score (nSPS) is 19.1. The van der Waals surface area contributed by atoms with E-state index in [9.17, 15) is 9.59 Å². The first-order valence-corrected chi connectivity index (χ1v) is 5.32. The van der Waals surface area contributed by atoms with Gasteiger partial charge in [-0.15, -0.1) is 0 Å². The highest BCUT2D eigenvalue weighted by molar-refractivity contribution is 6.01. The Balaban J connectivity index is 2.33. The molecule has 1 aliphatic rings. The molecule has 0 fully saturated rings. The monoisotopic (exact) mass is 218 g/mol. The lowest BCUT2D eigenvalue weighted by molar-refractivity contribution is -0.145. The van der Waals surface area contributed by atoms with E-state index in [0.717, 1.165) is 16.7 Å². The molecule has 1 aromatic carbocycles. The van der Waals surface area contributed by atoms with Gasteiger partial charge in [0.1, 0.15) is 0 Å². The maximum atomic E-state index is 11.9. The molecule has 0 saturated heterocycles. The van der Waals surface area contributed by atoms with Crippen molar-refractivity contribution in [1.29, 1.82) is 0 Å². The second-order valence-corrected chi connectivity index (χ2v) is 4.21. The number of Topliss-reactive ketones (excluding diaryl/α,β-unsaturated/α-hetero) is 1. The number of ketones is 1. The third-order valence-corrected chi connectivity index (χ3v) is 3.00. The van der Waals surface area contributed by atoms with Gasteiger partial charge in [-0.05, 0) is 25.0 Å². The number of benzene rings is 1. The summed E-state index contributed by atoms with van der Waals surface area (Å²) in [5.74, 6) is -0.562. The van der Waals surface area contributed by atoms with Crippen LogP contribution in [0, 0.1) is 12.8 Å². The molecule has 16 heavy (non-hydrogen) atoms. The van der Waals surface area contributed by atoms with Gasteiger partial charge in [-0.25, -0.2) is 0 Å². The highest BCUT2D eigenvalue weighted by atomic mass is 16.5. The molecular formula is C13H14O3. The van der Waals surface area contributed by atoms with E-state index in [4.69, 9.17) is 0 Å². The van der Waals surface area contributed by atoms with Crippen molar-refractivity contribution in [1.82, 2.24) is 0 Å². The summed E-state index contributed by atoms with van der Waals surface area (Å²) in [5, 5.41) is 0. The van der Waals surface area contributed by atoms with Gasteiger partial charge >= 0.3 is 5.97 Å². The zero-order valence-electron chi connectivity index (χ0n) is 9.45. The van der Waals surface area contributed by atoms with Gasteiger partial charge in [-0.2, -0.15) is 0 Å². The van der Waals surface area contributed by atoms with E-state index < -0.39 is 0 Å². The van der Waals surface area contributed by atoms with Crippen LogP contribution in [0.5, 0.6) is 0 Å². The van der Waals surface area contributed by atoms with Crippen LogP contribution in [-0.2, 0) is 16.0 Å². The van der Waals surface area contributed by atoms with Crippen molar-refractivity contribution in [2.75, 3.05) is 7.11 Å². The Morgan fingerprint density at radius 1 is 1.38 bits per heavy atom. The zero-order chi connectivity index (χ0) is 11.7. The summed E-state index contributed by atoms with van der Waals surface area (Å²) in [4.78, 5) is 23.3. The van der Waals surface area contributed by atoms with E-state index in [-0.39, 0.29) is 24.1 Å². The van der Waals surface area contributed by atoms with Crippen molar-refractivity contribution in [3.63, 3.8) is 0 Å². The van der Waals surface area contributed by atoms with Crippen LogP contribution in [0.25, 0.3) is 0 Å². The van der Waals surface area contributed by atoms with Crippen LogP contribution in [0.2, 0.25) is 0 Å². The van der Waals surface area contributed by atoms with Crippen molar-refractivity contribution in [2.45, 2.75) is 19.8 Å². The predicted molar refractivity (Wildman–Crippen MR) is 59.3 cm³/mol. The summed E-state index contributed by atoms with van der Waals surface area (Å²) < 4.78 is 4.69. The summed E-state index contributed by atoms with van der Waals surface area (Å²) in [6, 6.07) is 5.79. The Bertz CT molecular complexity index is 448. The number of carbonyl (C=O) groups excluding carboxylic acids is 2. The zero-order valence-corrected chi connectivity index (χ0v) is 9.45. The number of hydrogen-bond donors (Lipinski definition) is 0. The largest absolute Gasteiger partial charge is 0.469 e. The molecule has 1 atom stereocenters. The highest BCUT2D eigenvalue weighted by Crippen LogP contribution is 2.27. The number of methoxy groups -OCH3 is 1. The fraction of sp³-hybridized carbons (Fsp3) is 0.385. The van der Waals surface area contributed by atoms with E-state index in [1.165, 1.54) is 7.11 Å². The molecule has 0 amide bonds. The van der Waals surface area contributed by atoms with E-state index in [0.29, 0.717) is 6.42 Å². The third kappa shape index (κ3) is 1.85. The average molecular weight is 218 g/mol. The maximum Gasteiger partial charge on any atom is 0.309 e. The molecule has 2 rings (SSSR count). The molecule has 0 heterocycles. The molecule has 0 N–H and O–H groups in total. The number of esters is 1. The van der Waals surface area contributed by atoms with E-state index in [2.05, 4.69) is 4.74 Å². The van der Waals surface area contributed by atoms with Crippen LogP contribution in [0.4, 0.5) is 0 Å². The van der Waals surface area contributed by atoms with E-state index >= 15 is 0 Å². The minimum atomic E-state index is -0.312.